The topological polar surface area (TPSA) is 157 Å². The second-order valence-electron chi connectivity index (χ2n) is 13.8. The maximum atomic E-state index is 14.0. The van der Waals surface area contributed by atoms with Crippen LogP contribution in [0.25, 0.3) is 29.9 Å². The molecule has 3 aromatic heterocycles. The largest absolute Gasteiger partial charge is 0.480 e. The summed E-state index contributed by atoms with van der Waals surface area (Å²) < 4.78 is 5.56. The lowest BCUT2D eigenvalue weighted by Gasteiger charge is -2.19. The van der Waals surface area contributed by atoms with Gasteiger partial charge in [0.2, 0.25) is 0 Å². The third-order valence-electron chi connectivity index (χ3n) is 10.7. The van der Waals surface area contributed by atoms with Crippen molar-refractivity contribution in [1.29, 1.82) is 0 Å². The molecule has 51 heavy (non-hydrogen) atoms. The number of ketones is 1. The maximum Gasteiger partial charge on any atom is 0.319 e. The molecular weight excluding hydrogens is 644 g/mol. The van der Waals surface area contributed by atoms with E-state index in [1.807, 2.05) is 58.9 Å². The third kappa shape index (κ3) is 6.17. The van der Waals surface area contributed by atoms with Crippen molar-refractivity contribution in [3.05, 3.63) is 96.5 Å². The SMILES string of the molecule is C=Cc1c2[nH]c(c1C)/C=C1\N/C(=C3\c4[nH]c(c(C)c4C(=O)[C@@H]3C(=O)O)/C=c3\[nH]/c(c(C=O)c3CC)=C\2)[C@@H](CCC(=O)OC/C=C(\C)CCC)[C@@H]1C. The second kappa shape index (κ2) is 14.1. The number of aromatic amines is 3. The fourth-order valence-electron chi connectivity index (χ4n) is 7.96. The molecular formula is C41H46N4O6. The number of nitrogens with one attached hydrogen (secondary N) is 4. The predicted molar refractivity (Wildman–Crippen MR) is 198 cm³/mol. The molecule has 2 aliphatic heterocycles. The average Bonchev–Trinajstić information content (AvgIpc) is 3.84. The Hall–Kier alpha value is -5.38. The molecule has 3 aromatic rings. The Kier molecular flexibility index (Phi) is 9.79. The van der Waals surface area contributed by atoms with Gasteiger partial charge in [0, 0.05) is 74.3 Å². The summed E-state index contributed by atoms with van der Waals surface area (Å²) in [5.41, 5.74) is 9.83. The van der Waals surface area contributed by atoms with Gasteiger partial charge in [0.25, 0.3) is 0 Å². The van der Waals surface area contributed by atoms with Crippen LogP contribution in [0, 0.1) is 31.6 Å². The van der Waals surface area contributed by atoms with Crippen molar-refractivity contribution in [1.82, 2.24) is 20.3 Å². The number of ether oxygens (including phenoxy) is 1. The van der Waals surface area contributed by atoms with Crippen molar-refractivity contribution in [2.45, 2.75) is 73.6 Å². The number of carbonyl (C=O) groups is 4. The Labute approximate surface area is 297 Å². The highest BCUT2D eigenvalue weighted by molar-refractivity contribution is 6.24. The highest BCUT2D eigenvalue weighted by Crippen LogP contribution is 2.48. The molecule has 1 fully saturated rings. The van der Waals surface area contributed by atoms with Gasteiger partial charge in [-0.2, -0.15) is 0 Å². The number of hydrogen-bond acceptors (Lipinski definition) is 6. The van der Waals surface area contributed by atoms with Crippen molar-refractivity contribution in [3.8, 4) is 0 Å². The minimum absolute atomic E-state index is 0.123. The summed E-state index contributed by atoms with van der Waals surface area (Å²) in [6, 6.07) is 0. The number of fused-ring (bicyclic) bond motifs is 7. The molecule has 0 unspecified atom stereocenters. The number of H-pyrrole nitrogens is 3. The van der Waals surface area contributed by atoms with E-state index in [1.54, 1.807) is 6.08 Å². The number of aromatic nitrogens is 3. The van der Waals surface area contributed by atoms with Gasteiger partial charge in [-0.25, -0.2) is 0 Å². The number of aliphatic carboxylic acids is 1. The van der Waals surface area contributed by atoms with E-state index in [9.17, 15) is 24.3 Å². The molecule has 10 nitrogen and oxygen atoms in total. The molecule has 0 spiro atoms. The number of esters is 1. The lowest BCUT2D eigenvalue weighted by Crippen LogP contribution is -2.24. The van der Waals surface area contributed by atoms with Gasteiger partial charge in [-0.05, 0) is 81.0 Å². The summed E-state index contributed by atoms with van der Waals surface area (Å²) in [7, 11) is 0. The summed E-state index contributed by atoms with van der Waals surface area (Å²) in [4.78, 5) is 62.7. The van der Waals surface area contributed by atoms with Crippen LogP contribution in [0.4, 0.5) is 0 Å². The zero-order valence-electron chi connectivity index (χ0n) is 30.1. The zero-order valence-corrected chi connectivity index (χ0v) is 30.1. The van der Waals surface area contributed by atoms with Crippen LogP contribution in [-0.4, -0.2) is 50.7 Å². The molecule has 1 aliphatic carbocycles. The van der Waals surface area contributed by atoms with Crippen LogP contribution in [0.15, 0.2) is 29.6 Å². The van der Waals surface area contributed by atoms with E-state index in [0.29, 0.717) is 62.9 Å². The number of carbonyl (C=O) groups excluding carboxylic acids is 3. The Balaban J connectivity index is 1.57. The lowest BCUT2D eigenvalue weighted by atomic mass is 9.85. The van der Waals surface area contributed by atoms with E-state index < -0.39 is 17.7 Å². The maximum absolute atomic E-state index is 14.0. The number of Topliss-reactive ketones (excluding diaryl/α,β-unsaturated/α-hetero) is 1. The van der Waals surface area contributed by atoms with Gasteiger partial charge >= 0.3 is 11.9 Å². The van der Waals surface area contributed by atoms with Crippen molar-refractivity contribution < 1.29 is 29.0 Å². The number of aldehydes is 1. The molecule has 1 saturated heterocycles. The van der Waals surface area contributed by atoms with Crippen LogP contribution in [0.3, 0.4) is 0 Å². The Morgan fingerprint density at radius 1 is 0.980 bits per heavy atom. The van der Waals surface area contributed by atoms with Gasteiger partial charge < -0.3 is 30.1 Å². The second-order valence-corrected chi connectivity index (χ2v) is 13.8. The third-order valence-corrected chi connectivity index (χ3v) is 10.7. The minimum Gasteiger partial charge on any atom is -0.480 e. The number of hydrogen-bond donors (Lipinski definition) is 5. The first-order valence-corrected chi connectivity index (χ1v) is 17.7. The van der Waals surface area contributed by atoms with Crippen LogP contribution in [-0.2, 0) is 20.7 Å². The summed E-state index contributed by atoms with van der Waals surface area (Å²) in [5.74, 6) is -3.95. The molecule has 10 heteroatoms. The van der Waals surface area contributed by atoms with Gasteiger partial charge in [-0.15, -0.1) is 0 Å². The van der Waals surface area contributed by atoms with E-state index >= 15 is 0 Å². The molecule has 3 atom stereocenters. The Morgan fingerprint density at radius 2 is 1.71 bits per heavy atom. The zero-order chi connectivity index (χ0) is 36.7. The summed E-state index contributed by atoms with van der Waals surface area (Å²) in [6.07, 6.45) is 13.4. The normalized spacial score (nSPS) is 23.1. The predicted octanol–water partition coefficient (Wildman–Crippen LogP) is 5.85. The molecule has 0 aromatic carbocycles. The molecule has 5 heterocycles. The molecule has 0 amide bonds. The van der Waals surface area contributed by atoms with E-state index in [4.69, 9.17) is 4.74 Å². The Bertz CT molecular complexity index is 2200. The van der Waals surface area contributed by atoms with Crippen LogP contribution in [0.5, 0.6) is 0 Å². The molecule has 0 radical (unpaired) electrons. The number of rotatable bonds is 11. The van der Waals surface area contributed by atoms with Crippen molar-refractivity contribution >= 4 is 53.9 Å². The molecule has 6 rings (SSSR count). The summed E-state index contributed by atoms with van der Waals surface area (Å²) >= 11 is 0. The van der Waals surface area contributed by atoms with Crippen molar-refractivity contribution in [3.63, 3.8) is 0 Å². The summed E-state index contributed by atoms with van der Waals surface area (Å²) in [6.45, 7) is 16.2. The first-order chi connectivity index (χ1) is 24.4. The Morgan fingerprint density at radius 3 is 2.37 bits per heavy atom. The van der Waals surface area contributed by atoms with E-state index in [0.717, 1.165) is 52.9 Å². The molecule has 3 aliphatic rings. The molecule has 266 valence electrons. The standard InChI is InChI=1S/C41H46N4O6/c1-8-11-20(4)14-15-51-34(47)13-12-26-22(6)29-16-28-21(5)24(9-2)31(42-28)18-33-27(19-46)25(10-3)32(43-33)17-30-23(7)35-39(45-30)36(38(26)44-29)37(40(35)48)41(49)50/h9,14,16-19,22,26,37,42-45H,2,8,10-13,15H2,1,3-7H3,(H,49,50)/b20-14+,29-16-,32-17-,33-18-,38-36-/t22-,26-,37+/m0/s1. The van der Waals surface area contributed by atoms with Crippen LogP contribution < -0.4 is 16.0 Å². The summed E-state index contributed by atoms with van der Waals surface area (Å²) in [5, 5.41) is 15.4. The number of carboxylic acid groups (broad SMARTS) is 1. The van der Waals surface area contributed by atoms with Crippen LogP contribution in [0.1, 0.15) is 119 Å². The highest BCUT2D eigenvalue weighted by atomic mass is 16.5. The molecule has 8 bridgehead atoms. The van der Waals surface area contributed by atoms with Gasteiger partial charge in [-0.3, -0.25) is 19.2 Å². The number of carboxylic acids is 1. The van der Waals surface area contributed by atoms with Crippen LogP contribution in [0.2, 0.25) is 0 Å². The molecule has 5 N–H and O–H groups in total. The van der Waals surface area contributed by atoms with Crippen molar-refractivity contribution in [2.24, 2.45) is 17.8 Å². The van der Waals surface area contributed by atoms with E-state index in [2.05, 4.69) is 33.8 Å². The van der Waals surface area contributed by atoms with Crippen molar-refractivity contribution in [2.75, 3.05) is 6.61 Å². The monoisotopic (exact) mass is 690 g/mol. The fraction of sp³-hybridized carbons (Fsp3) is 0.366. The smallest absolute Gasteiger partial charge is 0.319 e. The fourth-order valence-corrected chi connectivity index (χ4v) is 7.96. The van der Waals surface area contributed by atoms with Crippen LogP contribution >= 0.6 is 0 Å². The van der Waals surface area contributed by atoms with Gasteiger partial charge in [0.1, 0.15) is 12.5 Å². The lowest BCUT2D eigenvalue weighted by molar-refractivity contribution is -0.143. The first kappa shape index (κ1) is 35.4. The van der Waals surface area contributed by atoms with Gasteiger partial charge in [-0.1, -0.05) is 45.4 Å². The molecule has 0 saturated carbocycles. The van der Waals surface area contributed by atoms with Gasteiger partial charge in [0.15, 0.2) is 12.1 Å². The minimum atomic E-state index is -1.42. The average molecular weight is 691 g/mol. The number of allylic oxidation sites excluding steroid dienone is 3. The van der Waals surface area contributed by atoms with Gasteiger partial charge in [0.05, 0.1) is 11.0 Å². The van der Waals surface area contributed by atoms with E-state index in [1.165, 1.54) is 5.57 Å². The quantitative estimate of drug-likeness (QED) is 0.0731. The van der Waals surface area contributed by atoms with E-state index in [-0.39, 0.29) is 30.8 Å². The first-order valence-electron chi connectivity index (χ1n) is 17.7. The highest BCUT2D eigenvalue weighted by Gasteiger charge is 2.48.